The summed E-state index contributed by atoms with van der Waals surface area (Å²) in [6, 6.07) is 0. The molecule has 24 heavy (non-hydrogen) atoms. The Bertz CT molecular complexity index is 541. The highest BCUT2D eigenvalue weighted by Crippen LogP contribution is 2.39. The lowest BCUT2D eigenvalue weighted by Crippen LogP contribution is -2.43. The monoisotopic (exact) mass is 340 g/mol. The van der Waals surface area contributed by atoms with E-state index in [2.05, 4.69) is 0 Å². The second-order valence-electron chi connectivity index (χ2n) is 7.17. The van der Waals surface area contributed by atoms with Crippen molar-refractivity contribution in [3.63, 3.8) is 0 Å². The van der Waals surface area contributed by atoms with Crippen molar-refractivity contribution in [2.24, 2.45) is 10.8 Å². The molecule has 0 radical (unpaired) electrons. The lowest BCUT2D eigenvalue weighted by molar-refractivity contribution is -0.166. The number of cyclic esters (lactones) is 1. The van der Waals surface area contributed by atoms with E-state index in [-0.39, 0.29) is 25.2 Å². The molecule has 1 heterocycles. The number of esters is 3. The van der Waals surface area contributed by atoms with Gasteiger partial charge in [0.1, 0.15) is 17.8 Å². The first-order chi connectivity index (χ1) is 11.2. The molecule has 2 aliphatic rings. The molecule has 2 fully saturated rings. The van der Waals surface area contributed by atoms with Crippen LogP contribution in [0.25, 0.3) is 0 Å². The van der Waals surface area contributed by atoms with Gasteiger partial charge >= 0.3 is 17.9 Å². The summed E-state index contributed by atoms with van der Waals surface area (Å²) in [4.78, 5) is 48.3. The smallest absolute Gasteiger partial charge is 0.348 e. The van der Waals surface area contributed by atoms with Gasteiger partial charge in [0, 0.05) is 18.3 Å². The first kappa shape index (κ1) is 18.4. The maximum absolute atomic E-state index is 12.3. The minimum absolute atomic E-state index is 0.0412. The van der Waals surface area contributed by atoms with Crippen molar-refractivity contribution in [1.29, 1.82) is 0 Å². The maximum Gasteiger partial charge on any atom is 0.348 e. The Morgan fingerprint density at radius 2 is 1.96 bits per heavy atom. The second kappa shape index (κ2) is 6.91. The molecule has 1 aliphatic heterocycles. The van der Waals surface area contributed by atoms with Gasteiger partial charge in [0.15, 0.2) is 0 Å². The van der Waals surface area contributed by atoms with E-state index >= 15 is 0 Å². The highest BCUT2D eigenvalue weighted by atomic mass is 16.6. The zero-order chi connectivity index (χ0) is 18.0. The molecule has 134 valence electrons. The van der Waals surface area contributed by atoms with Crippen molar-refractivity contribution < 1.29 is 33.4 Å². The van der Waals surface area contributed by atoms with E-state index in [0.29, 0.717) is 12.8 Å². The Balaban J connectivity index is 2.01. The molecule has 2 atom stereocenters. The number of ketones is 1. The Kier molecular flexibility index (Phi) is 5.30. The lowest BCUT2D eigenvalue weighted by atomic mass is 9.70. The van der Waals surface area contributed by atoms with E-state index in [1.807, 2.05) is 0 Å². The van der Waals surface area contributed by atoms with Crippen LogP contribution >= 0.6 is 0 Å². The largest absolute Gasteiger partial charge is 0.468 e. The van der Waals surface area contributed by atoms with Crippen LogP contribution in [0.4, 0.5) is 0 Å². The van der Waals surface area contributed by atoms with E-state index in [9.17, 15) is 19.2 Å². The molecule has 0 unspecified atom stereocenters. The standard InChI is InChI=1S/C17H24O7/c1-16(2)10-23-14(20)13(16)24-12(19)7-9-17(15(21)22-3)8-5-4-6-11(17)18/h13H,4-10H2,1-3H3/t13-,17-/m0/s1. The number of Topliss-reactive ketones (excluding diaryl/α,β-unsaturated/α-hetero) is 1. The van der Waals surface area contributed by atoms with E-state index in [1.165, 1.54) is 7.11 Å². The summed E-state index contributed by atoms with van der Waals surface area (Å²) in [5, 5.41) is 0. The molecule has 1 aliphatic carbocycles. The van der Waals surface area contributed by atoms with E-state index in [0.717, 1.165) is 12.8 Å². The maximum atomic E-state index is 12.3. The van der Waals surface area contributed by atoms with Crippen LogP contribution in [0.3, 0.4) is 0 Å². The van der Waals surface area contributed by atoms with Crippen molar-refractivity contribution >= 4 is 23.7 Å². The third-order valence-corrected chi connectivity index (χ3v) is 4.88. The van der Waals surface area contributed by atoms with Crippen LogP contribution in [0.5, 0.6) is 0 Å². The number of ether oxygens (including phenoxy) is 3. The number of rotatable bonds is 5. The molecule has 0 bridgehead atoms. The third-order valence-electron chi connectivity index (χ3n) is 4.88. The minimum Gasteiger partial charge on any atom is -0.468 e. The fourth-order valence-electron chi connectivity index (χ4n) is 3.31. The number of hydrogen-bond donors (Lipinski definition) is 0. The van der Waals surface area contributed by atoms with Gasteiger partial charge in [0.05, 0.1) is 7.11 Å². The predicted molar refractivity (Wildman–Crippen MR) is 81.8 cm³/mol. The topological polar surface area (TPSA) is 96.0 Å². The Morgan fingerprint density at radius 3 is 2.50 bits per heavy atom. The van der Waals surface area contributed by atoms with E-state index in [4.69, 9.17) is 14.2 Å². The average Bonchev–Trinajstić information content (AvgIpc) is 2.80. The summed E-state index contributed by atoms with van der Waals surface area (Å²) in [5.74, 6) is -1.96. The molecular formula is C17H24O7. The van der Waals surface area contributed by atoms with Crippen LogP contribution in [0.1, 0.15) is 52.4 Å². The van der Waals surface area contributed by atoms with Crippen molar-refractivity contribution in [2.45, 2.75) is 58.5 Å². The molecule has 1 saturated carbocycles. The zero-order valence-electron chi connectivity index (χ0n) is 14.4. The molecule has 0 aromatic heterocycles. The highest BCUT2D eigenvalue weighted by Gasteiger charge is 2.49. The molecular weight excluding hydrogens is 316 g/mol. The molecule has 0 amide bonds. The first-order valence-corrected chi connectivity index (χ1v) is 8.21. The van der Waals surface area contributed by atoms with Crippen molar-refractivity contribution in [3.05, 3.63) is 0 Å². The van der Waals surface area contributed by atoms with Crippen LogP contribution in [-0.4, -0.2) is 43.5 Å². The fourth-order valence-corrected chi connectivity index (χ4v) is 3.31. The van der Waals surface area contributed by atoms with Gasteiger partial charge in [0.25, 0.3) is 0 Å². The van der Waals surface area contributed by atoms with Crippen LogP contribution in [0.15, 0.2) is 0 Å². The number of hydrogen-bond acceptors (Lipinski definition) is 7. The van der Waals surface area contributed by atoms with E-state index in [1.54, 1.807) is 13.8 Å². The predicted octanol–water partition coefficient (Wildman–Crippen LogP) is 1.56. The highest BCUT2D eigenvalue weighted by molar-refractivity contribution is 6.04. The van der Waals surface area contributed by atoms with E-state index < -0.39 is 34.8 Å². The van der Waals surface area contributed by atoms with Crippen LogP contribution < -0.4 is 0 Å². The fraction of sp³-hybridized carbons (Fsp3) is 0.765. The minimum atomic E-state index is -1.27. The van der Waals surface area contributed by atoms with Gasteiger partial charge in [-0.25, -0.2) is 4.79 Å². The molecule has 0 spiro atoms. The number of methoxy groups -OCH3 is 1. The average molecular weight is 340 g/mol. The van der Waals surface area contributed by atoms with Crippen LogP contribution in [0.2, 0.25) is 0 Å². The van der Waals surface area contributed by atoms with Crippen LogP contribution in [0, 0.1) is 10.8 Å². The molecule has 0 aromatic carbocycles. The Hall–Kier alpha value is -1.92. The molecule has 7 heteroatoms. The van der Waals surface area contributed by atoms with Crippen LogP contribution in [-0.2, 0) is 33.4 Å². The lowest BCUT2D eigenvalue weighted by Gasteiger charge is -2.32. The summed E-state index contributed by atoms with van der Waals surface area (Å²) in [7, 11) is 1.24. The molecule has 2 rings (SSSR count). The summed E-state index contributed by atoms with van der Waals surface area (Å²) >= 11 is 0. The van der Waals surface area contributed by atoms with Gasteiger partial charge in [-0.15, -0.1) is 0 Å². The van der Waals surface area contributed by atoms with Gasteiger partial charge < -0.3 is 14.2 Å². The van der Waals surface area contributed by atoms with Crippen molar-refractivity contribution in [1.82, 2.24) is 0 Å². The van der Waals surface area contributed by atoms with Gasteiger partial charge in [-0.3, -0.25) is 14.4 Å². The van der Waals surface area contributed by atoms with Gasteiger partial charge in [-0.05, 0) is 19.3 Å². The van der Waals surface area contributed by atoms with Gasteiger partial charge in [0.2, 0.25) is 6.10 Å². The molecule has 0 aromatic rings. The Morgan fingerprint density at radius 1 is 1.25 bits per heavy atom. The summed E-state index contributed by atoms with van der Waals surface area (Å²) in [5.41, 5.74) is -1.86. The van der Waals surface area contributed by atoms with Gasteiger partial charge in [-0.2, -0.15) is 0 Å². The number of carbonyl (C=O) groups is 4. The zero-order valence-corrected chi connectivity index (χ0v) is 14.4. The first-order valence-electron chi connectivity index (χ1n) is 8.21. The summed E-state index contributed by atoms with van der Waals surface area (Å²) < 4.78 is 15.0. The van der Waals surface area contributed by atoms with Crippen molar-refractivity contribution in [2.75, 3.05) is 13.7 Å². The number of carbonyl (C=O) groups excluding carboxylic acids is 4. The summed E-state index contributed by atoms with van der Waals surface area (Å²) in [6.45, 7) is 3.74. The Labute approximate surface area is 141 Å². The third kappa shape index (κ3) is 3.44. The van der Waals surface area contributed by atoms with Crippen molar-refractivity contribution in [3.8, 4) is 0 Å². The normalized spacial score (nSPS) is 29.0. The molecule has 0 N–H and O–H groups in total. The van der Waals surface area contributed by atoms with Gasteiger partial charge in [-0.1, -0.05) is 20.3 Å². The second-order valence-corrected chi connectivity index (χ2v) is 7.17. The SMILES string of the molecule is COC(=O)[C@]1(CCC(=O)O[C@H]2C(=O)OCC2(C)C)CCCCC1=O. The summed E-state index contributed by atoms with van der Waals surface area (Å²) in [6.07, 6.45) is 1.12. The quantitative estimate of drug-likeness (QED) is 0.426. The molecule has 7 nitrogen and oxygen atoms in total. The molecule has 1 saturated heterocycles.